The molecule has 2 aromatic rings. The van der Waals surface area contributed by atoms with Crippen molar-refractivity contribution in [2.75, 3.05) is 0 Å². The molecule has 0 spiro atoms. The van der Waals surface area contributed by atoms with E-state index in [9.17, 15) is 18.5 Å². The Morgan fingerprint density at radius 1 is 1.23 bits per heavy atom. The fourth-order valence-corrected chi connectivity index (χ4v) is 2.87. The molecule has 1 aromatic heterocycles. The highest BCUT2D eigenvalue weighted by Gasteiger charge is 2.27. The summed E-state index contributed by atoms with van der Waals surface area (Å²) >= 11 is 3.11. The van der Waals surface area contributed by atoms with Crippen LogP contribution in [0.25, 0.3) is 0 Å². The van der Waals surface area contributed by atoms with Crippen LogP contribution < -0.4 is 4.18 Å². The summed E-state index contributed by atoms with van der Waals surface area (Å²) in [6, 6.07) is 5.93. The van der Waals surface area contributed by atoms with Gasteiger partial charge in [0.05, 0.1) is 4.92 Å². The Kier molecular flexibility index (Phi) is 4.47. The molecule has 0 unspecified atom stereocenters. The molecule has 0 aliphatic heterocycles. The molecule has 0 fully saturated rings. The maximum atomic E-state index is 12.2. The largest absolute Gasteiger partial charge is 0.351 e. The first kappa shape index (κ1) is 16.4. The molecule has 7 nitrogen and oxygen atoms in total. The molecule has 0 aliphatic rings. The summed E-state index contributed by atoms with van der Waals surface area (Å²) in [7, 11) is -4.20. The number of nitro groups is 1. The Labute approximate surface area is 135 Å². The summed E-state index contributed by atoms with van der Waals surface area (Å²) in [5, 5.41) is 11.1. The third-order valence-electron chi connectivity index (χ3n) is 2.89. The van der Waals surface area contributed by atoms with Gasteiger partial charge in [-0.1, -0.05) is 17.7 Å². The van der Waals surface area contributed by atoms with Crippen molar-refractivity contribution in [2.24, 2.45) is 0 Å². The van der Waals surface area contributed by atoms with Crippen LogP contribution in [0.3, 0.4) is 0 Å². The van der Waals surface area contributed by atoms with Crippen molar-refractivity contribution in [1.82, 2.24) is 4.98 Å². The molecule has 0 radical (unpaired) electrons. The van der Waals surface area contributed by atoms with Crippen LogP contribution in [0.5, 0.6) is 5.88 Å². The van der Waals surface area contributed by atoms with Gasteiger partial charge in [-0.2, -0.15) is 8.42 Å². The lowest BCUT2D eigenvalue weighted by molar-refractivity contribution is -0.386. The van der Waals surface area contributed by atoms with Gasteiger partial charge in [0, 0.05) is 16.2 Å². The Hall–Kier alpha value is -2.00. The molecule has 2 rings (SSSR count). The van der Waals surface area contributed by atoms with E-state index in [1.807, 2.05) is 6.92 Å². The molecule has 0 aliphatic carbocycles. The first-order valence-corrected chi connectivity index (χ1v) is 8.23. The van der Waals surface area contributed by atoms with E-state index in [0.29, 0.717) is 4.47 Å². The van der Waals surface area contributed by atoms with Crippen molar-refractivity contribution in [3.63, 3.8) is 0 Å². The second kappa shape index (κ2) is 6.01. The predicted molar refractivity (Wildman–Crippen MR) is 82.3 cm³/mol. The van der Waals surface area contributed by atoms with Gasteiger partial charge in [0.15, 0.2) is 0 Å². The van der Waals surface area contributed by atoms with E-state index in [1.165, 1.54) is 25.3 Å². The van der Waals surface area contributed by atoms with Crippen LogP contribution in [0, 0.1) is 24.0 Å². The van der Waals surface area contributed by atoms with Crippen molar-refractivity contribution in [3.8, 4) is 5.88 Å². The molecule has 0 bridgehead atoms. The van der Waals surface area contributed by atoms with Gasteiger partial charge >= 0.3 is 21.7 Å². The standard InChI is InChI=1S/C13H11BrN2O5S/c1-8-3-5-10(6-4-8)22(19,20)21-13-12(16(17)18)9(2)11(14)7-15-13/h3-7H,1-2H3. The van der Waals surface area contributed by atoms with Crippen LogP contribution in [-0.2, 0) is 10.1 Å². The van der Waals surface area contributed by atoms with Gasteiger partial charge in [-0.15, -0.1) is 0 Å². The average molecular weight is 387 g/mol. The van der Waals surface area contributed by atoms with E-state index >= 15 is 0 Å². The molecular formula is C13H11BrN2O5S. The van der Waals surface area contributed by atoms with E-state index < -0.39 is 26.6 Å². The van der Waals surface area contributed by atoms with Gasteiger partial charge in [0.2, 0.25) is 0 Å². The summed E-state index contributed by atoms with van der Waals surface area (Å²) in [6.07, 6.45) is 1.25. The number of halogens is 1. The van der Waals surface area contributed by atoms with Crippen molar-refractivity contribution in [1.29, 1.82) is 0 Å². The molecule has 0 N–H and O–H groups in total. The van der Waals surface area contributed by atoms with Crippen LogP contribution in [0.1, 0.15) is 11.1 Å². The summed E-state index contributed by atoms with van der Waals surface area (Å²) < 4.78 is 29.6. The van der Waals surface area contributed by atoms with Crippen molar-refractivity contribution >= 4 is 31.7 Å². The molecule has 1 heterocycles. The fourth-order valence-electron chi connectivity index (χ4n) is 1.68. The Bertz CT molecular complexity index is 834. The molecule has 116 valence electrons. The molecular weight excluding hydrogens is 376 g/mol. The topological polar surface area (TPSA) is 99.4 Å². The molecule has 0 atom stereocenters. The monoisotopic (exact) mass is 386 g/mol. The number of aryl methyl sites for hydroxylation is 1. The lowest BCUT2D eigenvalue weighted by Gasteiger charge is -2.08. The van der Waals surface area contributed by atoms with Crippen molar-refractivity contribution in [3.05, 3.63) is 56.2 Å². The van der Waals surface area contributed by atoms with Crippen LogP contribution in [0.2, 0.25) is 0 Å². The normalized spacial score (nSPS) is 11.2. The second-order valence-electron chi connectivity index (χ2n) is 4.49. The summed E-state index contributed by atoms with van der Waals surface area (Å²) in [4.78, 5) is 14.0. The quantitative estimate of drug-likeness (QED) is 0.454. The van der Waals surface area contributed by atoms with Crippen LogP contribution in [-0.4, -0.2) is 18.3 Å². The van der Waals surface area contributed by atoms with Gasteiger partial charge in [0.1, 0.15) is 4.90 Å². The van der Waals surface area contributed by atoms with Gasteiger partial charge < -0.3 is 4.18 Å². The van der Waals surface area contributed by atoms with Crippen molar-refractivity contribution < 1.29 is 17.5 Å². The van der Waals surface area contributed by atoms with E-state index in [0.717, 1.165) is 5.56 Å². The van der Waals surface area contributed by atoms with Crippen LogP contribution in [0.4, 0.5) is 5.69 Å². The maximum Gasteiger partial charge on any atom is 0.340 e. The van der Waals surface area contributed by atoms with E-state index in [4.69, 9.17) is 4.18 Å². The number of benzene rings is 1. The third kappa shape index (κ3) is 3.25. The van der Waals surface area contributed by atoms with Gasteiger partial charge in [0.25, 0.3) is 0 Å². The summed E-state index contributed by atoms with van der Waals surface area (Å²) in [5.74, 6) is -0.564. The zero-order valence-corrected chi connectivity index (χ0v) is 14.0. The van der Waals surface area contributed by atoms with E-state index in [1.54, 1.807) is 12.1 Å². The molecule has 0 saturated heterocycles. The summed E-state index contributed by atoms with van der Waals surface area (Å²) in [5.41, 5.74) is 0.613. The Balaban J connectivity index is 2.48. The van der Waals surface area contributed by atoms with E-state index in [-0.39, 0.29) is 10.5 Å². The van der Waals surface area contributed by atoms with Crippen LogP contribution >= 0.6 is 15.9 Å². The number of aromatic nitrogens is 1. The first-order valence-electron chi connectivity index (χ1n) is 6.03. The SMILES string of the molecule is Cc1ccc(S(=O)(=O)Oc2ncc(Br)c(C)c2[N+](=O)[O-])cc1. The molecule has 22 heavy (non-hydrogen) atoms. The number of hydrogen-bond acceptors (Lipinski definition) is 6. The molecule has 0 saturated carbocycles. The Morgan fingerprint density at radius 2 is 1.82 bits per heavy atom. The third-order valence-corrected chi connectivity index (χ3v) is 4.92. The highest BCUT2D eigenvalue weighted by atomic mass is 79.9. The van der Waals surface area contributed by atoms with Gasteiger partial charge in [-0.25, -0.2) is 4.98 Å². The number of rotatable bonds is 4. The lowest BCUT2D eigenvalue weighted by atomic mass is 10.2. The average Bonchev–Trinajstić information content (AvgIpc) is 2.43. The number of pyridine rings is 1. The smallest absolute Gasteiger partial charge is 0.340 e. The number of nitrogens with zero attached hydrogens (tertiary/aromatic N) is 2. The molecule has 0 amide bonds. The van der Waals surface area contributed by atoms with Crippen molar-refractivity contribution in [2.45, 2.75) is 18.7 Å². The van der Waals surface area contributed by atoms with E-state index in [2.05, 4.69) is 20.9 Å². The minimum atomic E-state index is -4.20. The van der Waals surface area contributed by atoms with Crippen LogP contribution in [0.15, 0.2) is 39.8 Å². The molecule has 9 heteroatoms. The minimum Gasteiger partial charge on any atom is -0.351 e. The highest BCUT2D eigenvalue weighted by Crippen LogP contribution is 2.34. The molecule has 1 aromatic carbocycles. The lowest BCUT2D eigenvalue weighted by Crippen LogP contribution is -2.12. The fraction of sp³-hybridized carbons (Fsp3) is 0.154. The first-order chi connectivity index (χ1) is 10.2. The predicted octanol–water partition coefficient (Wildman–Crippen LogP) is 3.14. The number of hydrogen-bond donors (Lipinski definition) is 0. The zero-order valence-electron chi connectivity index (χ0n) is 11.6. The maximum absolute atomic E-state index is 12.2. The minimum absolute atomic E-state index is 0.102. The zero-order chi connectivity index (χ0) is 16.5. The van der Waals surface area contributed by atoms with Gasteiger partial charge in [-0.3, -0.25) is 10.1 Å². The Morgan fingerprint density at radius 3 is 2.36 bits per heavy atom. The second-order valence-corrected chi connectivity index (χ2v) is 6.89. The van der Waals surface area contributed by atoms with Gasteiger partial charge in [-0.05, 0) is 41.9 Å². The summed E-state index contributed by atoms with van der Waals surface area (Å²) in [6.45, 7) is 3.27. The highest BCUT2D eigenvalue weighted by molar-refractivity contribution is 9.10.